The fraction of sp³-hybridized carbons (Fsp3) is 0.400. The van der Waals surface area contributed by atoms with E-state index in [2.05, 4.69) is 0 Å². The maximum atomic E-state index is 12.2. The maximum absolute atomic E-state index is 12.2. The van der Waals surface area contributed by atoms with E-state index < -0.39 is 11.7 Å². The van der Waals surface area contributed by atoms with E-state index in [1.807, 2.05) is 0 Å². The second kappa shape index (κ2) is 5.02. The zero-order valence-corrected chi connectivity index (χ0v) is 8.17. The molecular formula is C10H11F3O2. The fourth-order valence-electron chi connectivity index (χ4n) is 0.983. The summed E-state index contributed by atoms with van der Waals surface area (Å²) in [5.41, 5.74) is -0.679. The molecule has 0 aliphatic carbocycles. The van der Waals surface area contributed by atoms with Crippen molar-refractivity contribution in [3.05, 3.63) is 29.8 Å². The monoisotopic (exact) mass is 220 g/mol. The number of ether oxygens (including phenoxy) is 2. The smallest absolute Gasteiger partial charge is 0.416 e. The second-order valence-corrected chi connectivity index (χ2v) is 2.86. The summed E-state index contributed by atoms with van der Waals surface area (Å²) >= 11 is 0. The third kappa shape index (κ3) is 3.79. The summed E-state index contributed by atoms with van der Waals surface area (Å²) in [6, 6.07) is 4.56. The van der Waals surface area contributed by atoms with Crippen LogP contribution in [0.2, 0.25) is 0 Å². The van der Waals surface area contributed by atoms with Gasteiger partial charge in [-0.25, -0.2) is 0 Å². The highest BCUT2D eigenvalue weighted by Crippen LogP contribution is 2.30. The number of hydrogen-bond acceptors (Lipinski definition) is 2. The van der Waals surface area contributed by atoms with Crippen LogP contribution in [-0.4, -0.2) is 20.3 Å². The summed E-state index contributed by atoms with van der Waals surface area (Å²) in [5.74, 6) is 0.403. The Kier molecular flexibility index (Phi) is 3.96. The topological polar surface area (TPSA) is 18.5 Å². The predicted molar refractivity (Wildman–Crippen MR) is 48.8 cm³/mol. The molecule has 1 aromatic carbocycles. The lowest BCUT2D eigenvalue weighted by Crippen LogP contribution is -2.06. The van der Waals surface area contributed by atoms with E-state index in [4.69, 9.17) is 9.47 Å². The maximum Gasteiger partial charge on any atom is 0.416 e. The first kappa shape index (κ1) is 11.8. The number of halogens is 3. The molecule has 0 aliphatic heterocycles. The predicted octanol–water partition coefficient (Wildman–Crippen LogP) is 2.73. The van der Waals surface area contributed by atoms with Gasteiger partial charge in [-0.05, 0) is 24.3 Å². The Morgan fingerprint density at radius 2 is 1.67 bits per heavy atom. The van der Waals surface area contributed by atoms with Crippen LogP contribution in [0.5, 0.6) is 5.75 Å². The van der Waals surface area contributed by atoms with Crippen LogP contribution < -0.4 is 4.74 Å². The highest BCUT2D eigenvalue weighted by molar-refractivity contribution is 5.28. The van der Waals surface area contributed by atoms with Crippen molar-refractivity contribution in [2.45, 2.75) is 6.18 Å². The molecule has 0 heterocycles. The SMILES string of the molecule is COCCOc1ccc(C(F)(F)F)cc1. The van der Waals surface area contributed by atoms with Gasteiger partial charge in [-0.3, -0.25) is 0 Å². The van der Waals surface area contributed by atoms with Crippen molar-refractivity contribution in [1.82, 2.24) is 0 Å². The van der Waals surface area contributed by atoms with Crippen LogP contribution in [0.1, 0.15) is 5.56 Å². The summed E-state index contributed by atoms with van der Waals surface area (Å²) in [6.45, 7) is 0.725. The minimum absolute atomic E-state index is 0.321. The second-order valence-electron chi connectivity index (χ2n) is 2.86. The Morgan fingerprint density at radius 3 is 2.13 bits per heavy atom. The summed E-state index contributed by atoms with van der Waals surface area (Å²) < 4.78 is 46.4. The van der Waals surface area contributed by atoms with Gasteiger partial charge in [0.15, 0.2) is 0 Å². The molecule has 1 rings (SSSR count). The van der Waals surface area contributed by atoms with Crippen LogP contribution in [-0.2, 0) is 10.9 Å². The quantitative estimate of drug-likeness (QED) is 0.726. The van der Waals surface area contributed by atoms with Crippen LogP contribution in [0.15, 0.2) is 24.3 Å². The molecular weight excluding hydrogens is 209 g/mol. The Bertz CT molecular complexity index is 293. The Hall–Kier alpha value is -1.23. The van der Waals surface area contributed by atoms with Gasteiger partial charge in [0, 0.05) is 7.11 Å². The highest BCUT2D eigenvalue weighted by atomic mass is 19.4. The molecule has 0 saturated carbocycles. The Labute approximate surface area is 85.6 Å². The third-order valence-corrected chi connectivity index (χ3v) is 1.74. The standard InChI is InChI=1S/C10H11F3O2/c1-14-6-7-15-9-4-2-8(3-5-9)10(11,12)13/h2-5H,6-7H2,1H3. The minimum Gasteiger partial charge on any atom is -0.491 e. The lowest BCUT2D eigenvalue weighted by Gasteiger charge is -2.08. The van der Waals surface area contributed by atoms with Crippen molar-refractivity contribution < 1.29 is 22.6 Å². The van der Waals surface area contributed by atoms with E-state index >= 15 is 0 Å². The first-order valence-corrected chi connectivity index (χ1v) is 4.33. The average molecular weight is 220 g/mol. The molecule has 1 aromatic rings. The zero-order valence-electron chi connectivity index (χ0n) is 8.17. The molecule has 84 valence electrons. The normalized spacial score (nSPS) is 11.5. The van der Waals surface area contributed by atoms with Gasteiger partial charge >= 0.3 is 6.18 Å². The van der Waals surface area contributed by atoms with Crippen molar-refractivity contribution >= 4 is 0 Å². The van der Waals surface area contributed by atoms with Gasteiger partial charge in [0.25, 0.3) is 0 Å². The first-order valence-electron chi connectivity index (χ1n) is 4.33. The fourth-order valence-corrected chi connectivity index (χ4v) is 0.983. The van der Waals surface area contributed by atoms with E-state index in [-0.39, 0.29) is 0 Å². The first-order chi connectivity index (χ1) is 7.04. The minimum atomic E-state index is -4.30. The molecule has 0 amide bonds. The van der Waals surface area contributed by atoms with E-state index in [9.17, 15) is 13.2 Å². The van der Waals surface area contributed by atoms with Crippen LogP contribution in [0, 0.1) is 0 Å². The molecule has 0 fully saturated rings. The van der Waals surface area contributed by atoms with E-state index in [0.717, 1.165) is 12.1 Å². The molecule has 0 spiro atoms. The molecule has 0 atom stereocenters. The summed E-state index contributed by atoms with van der Waals surface area (Å²) in [4.78, 5) is 0. The van der Waals surface area contributed by atoms with Gasteiger partial charge in [-0.15, -0.1) is 0 Å². The largest absolute Gasteiger partial charge is 0.491 e. The van der Waals surface area contributed by atoms with Crippen molar-refractivity contribution in [3.63, 3.8) is 0 Å². The van der Waals surface area contributed by atoms with Crippen LogP contribution in [0.25, 0.3) is 0 Å². The van der Waals surface area contributed by atoms with E-state index in [1.54, 1.807) is 0 Å². The molecule has 0 unspecified atom stereocenters. The number of methoxy groups -OCH3 is 1. The van der Waals surface area contributed by atoms with Gasteiger partial charge in [-0.1, -0.05) is 0 Å². The van der Waals surface area contributed by atoms with Crippen molar-refractivity contribution in [2.24, 2.45) is 0 Å². The molecule has 0 bridgehead atoms. The van der Waals surface area contributed by atoms with Crippen molar-refractivity contribution in [1.29, 1.82) is 0 Å². The number of alkyl halides is 3. The van der Waals surface area contributed by atoms with Crippen LogP contribution in [0.3, 0.4) is 0 Å². The van der Waals surface area contributed by atoms with Gasteiger partial charge in [0.05, 0.1) is 12.2 Å². The molecule has 0 radical (unpaired) electrons. The summed E-state index contributed by atoms with van der Waals surface area (Å²) in [7, 11) is 1.52. The molecule has 0 aliphatic rings. The van der Waals surface area contributed by atoms with Crippen LogP contribution >= 0.6 is 0 Å². The molecule has 0 N–H and O–H groups in total. The van der Waals surface area contributed by atoms with Gasteiger partial charge in [-0.2, -0.15) is 13.2 Å². The lowest BCUT2D eigenvalue weighted by atomic mass is 10.2. The van der Waals surface area contributed by atoms with Gasteiger partial charge < -0.3 is 9.47 Å². The Balaban J connectivity index is 2.57. The number of rotatable bonds is 4. The molecule has 15 heavy (non-hydrogen) atoms. The zero-order chi connectivity index (χ0) is 11.3. The van der Waals surface area contributed by atoms with Crippen molar-refractivity contribution in [2.75, 3.05) is 20.3 Å². The molecule has 5 heteroatoms. The Morgan fingerprint density at radius 1 is 1.07 bits per heavy atom. The molecule has 0 aromatic heterocycles. The molecule has 2 nitrogen and oxygen atoms in total. The van der Waals surface area contributed by atoms with Crippen molar-refractivity contribution in [3.8, 4) is 5.75 Å². The van der Waals surface area contributed by atoms with Crippen LogP contribution in [0.4, 0.5) is 13.2 Å². The molecule has 0 saturated heterocycles. The highest BCUT2D eigenvalue weighted by Gasteiger charge is 2.29. The number of hydrogen-bond donors (Lipinski definition) is 0. The van der Waals surface area contributed by atoms with Gasteiger partial charge in [0.1, 0.15) is 12.4 Å². The average Bonchev–Trinajstić information content (AvgIpc) is 2.18. The van der Waals surface area contributed by atoms with Gasteiger partial charge in [0.2, 0.25) is 0 Å². The summed E-state index contributed by atoms with van der Waals surface area (Å²) in [5, 5.41) is 0. The lowest BCUT2D eigenvalue weighted by molar-refractivity contribution is -0.137. The summed E-state index contributed by atoms with van der Waals surface area (Å²) in [6.07, 6.45) is -4.30. The van der Waals surface area contributed by atoms with E-state index in [1.165, 1.54) is 19.2 Å². The number of benzene rings is 1. The van der Waals surface area contributed by atoms with E-state index in [0.29, 0.717) is 19.0 Å². The third-order valence-electron chi connectivity index (χ3n) is 1.74.